The van der Waals surface area contributed by atoms with Gasteiger partial charge in [-0.3, -0.25) is 19.5 Å². The van der Waals surface area contributed by atoms with E-state index in [4.69, 9.17) is 4.74 Å². The third-order valence-corrected chi connectivity index (χ3v) is 7.41. The molecule has 1 aromatic carbocycles. The van der Waals surface area contributed by atoms with Crippen LogP contribution >= 0.6 is 11.3 Å². The molecular formula is C26H25N3O4S. The van der Waals surface area contributed by atoms with Crippen molar-refractivity contribution in [2.75, 3.05) is 12.0 Å². The molecule has 0 spiro atoms. The zero-order valence-electron chi connectivity index (χ0n) is 18.8. The van der Waals surface area contributed by atoms with E-state index in [0.717, 1.165) is 32.1 Å². The van der Waals surface area contributed by atoms with Crippen molar-refractivity contribution in [1.29, 1.82) is 0 Å². The van der Waals surface area contributed by atoms with E-state index >= 15 is 0 Å². The van der Waals surface area contributed by atoms with Gasteiger partial charge in [0.25, 0.3) is 5.91 Å². The summed E-state index contributed by atoms with van der Waals surface area (Å²) in [6.07, 6.45) is 6.67. The van der Waals surface area contributed by atoms with Crippen molar-refractivity contribution in [3.05, 3.63) is 70.9 Å². The van der Waals surface area contributed by atoms with Gasteiger partial charge in [-0.25, -0.2) is 4.98 Å². The topological polar surface area (TPSA) is 92.6 Å². The molecule has 1 fully saturated rings. The van der Waals surface area contributed by atoms with E-state index < -0.39 is 17.7 Å². The number of methoxy groups -OCH3 is 1. The molecule has 2 aliphatic rings. The van der Waals surface area contributed by atoms with Crippen molar-refractivity contribution in [2.24, 2.45) is 5.92 Å². The van der Waals surface area contributed by atoms with E-state index in [1.165, 1.54) is 16.2 Å². The Labute approximate surface area is 201 Å². The molecule has 1 N–H and O–H groups in total. The number of ether oxygens (including phenoxy) is 1. The maximum atomic E-state index is 13.6. The Balaban J connectivity index is 1.54. The predicted molar refractivity (Wildman–Crippen MR) is 130 cm³/mol. The number of carbonyl (C=O) groups is 2. The second-order valence-electron chi connectivity index (χ2n) is 8.57. The minimum Gasteiger partial charge on any atom is -0.503 e. The highest BCUT2D eigenvalue weighted by Gasteiger charge is 2.48. The highest BCUT2D eigenvalue weighted by molar-refractivity contribution is 7.14. The third-order valence-electron chi connectivity index (χ3n) is 6.57. The van der Waals surface area contributed by atoms with Crippen LogP contribution in [0.1, 0.15) is 42.5 Å². The van der Waals surface area contributed by atoms with Crippen LogP contribution in [0.25, 0.3) is 11.4 Å². The zero-order chi connectivity index (χ0) is 23.7. The van der Waals surface area contributed by atoms with Crippen LogP contribution in [0.3, 0.4) is 0 Å². The first-order chi connectivity index (χ1) is 16.6. The number of nitrogens with zero attached hydrogens (tertiary/aromatic N) is 3. The number of aliphatic hydroxyl groups is 1. The molecule has 0 saturated heterocycles. The molecule has 1 aliphatic heterocycles. The van der Waals surface area contributed by atoms with Gasteiger partial charge in [0.1, 0.15) is 11.4 Å². The van der Waals surface area contributed by atoms with Crippen molar-refractivity contribution in [2.45, 2.75) is 38.1 Å². The van der Waals surface area contributed by atoms with Crippen molar-refractivity contribution in [3.63, 3.8) is 0 Å². The highest BCUT2D eigenvalue weighted by atomic mass is 32.1. The fourth-order valence-electron chi connectivity index (χ4n) is 4.87. The number of aliphatic hydroxyl groups excluding tert-OH is 1. The Morgan fingerprint density at radius 1 is 1.09 bits per heavy atom. The average molecular weight is 476 g/mol. The second kappa shape index (κ2) is 9.38. The molecule has 34 heavy (non-hydrogen) atoms. The number of amides is 1. The predicted octanol–water partition coefficient (Wildman–Crippen LogP) is 5.20. The Morgan fingerprint density at radius 2 is 1.85 bits per heavy atom. The van der Waals surface area contributed by atoms with Crippen LogP contribution in [-0.2, 0) is 4.79 Å². The Morgan fingerprint density at radius 3 is 2.53 bits per heavy atom. The molecule has 0 bridgehead atoms. The quantitative estimate of drug-likeness (QED) is 0.493. The summed E-state index contributed by atoms with van der Waals surface area (Å²) < 4.78 is 5.20. The lowest BCUT2D eigenvalue weighted by atomic mass is 9.79. The molecule has 174 valence electrons. The van der Waals surface area contributed by atoms with Crippen LogP contribution < -0.4 is 9.64 Å². The van der Waals surface area contributed by atoms with Gasteiger partial charge in [-0.1, -0.05) is 25.3 Å². The monoisotopic (exact) mass is 475 g/mol. The molecule has 5 rings (SSSR count). The van der Waals surface area contributed by atoms with Crippen molar-refractivity contribution in [1.82, 2.24) is 9.97 Å². The number of carbonyl (C=O) groups excluding carboxylic acids is 2. The Hall–Kier alpha value is -3.52. The smallest absolute Gasteiger partial charge is 0.296 e. The highest BCUT2D eigenvalue weighted by Crippen LogP contribution is 2.42. The van der Waals surface area contributed by atoms with E-state index in [1.54, 1.807) is 37.6 Å². The van der Waals surface area contributed by atoms with Crippen LogP contribution in [0.5, 0.6) is 5.75 Å². The summed E-state index contributed by atoms with van der Waals surface area (Å²) in [4.78, 5) is 37.5. The summed E-state index contributed by atoms with van der Waals surface area (Å²) in [5.74, 6) is -0.692. The normalized spacial score (nSPS) is 19.0. The number of Topliss-reactive ketones (excluding diaryl/α,β-unsaturated/α-hetero) is 1. The van der Waals surface area contributed by atoms with Gasteiger partial charge in [0, 0.05) is 17.1 Å². The van der Waals surface area contributed by atoms with Gasteiger partial charge in [0.05, 0.1) is 24.4 Å². The second-order valence-corrected chi connectivity index (χ2v) is 9.40. The summed E-state index contributed by atoms with van der Waals surface area (Å²) in [5.41, 5.74) is 1.94. The SMILES string of the molecule is COc1ccc(C(=O)C2=C(O)C(=O)N(c3nc(-c4ccccn4)cs3)C2C2CCCCC2)cc1. The van der Waals surface area contributed by atoms with Gasteiger partial charge in [-0.2, -0.15) is 0 Å². The maximum absolute atomic E-state index is 13.6. The summed E-state index contributed by atoms with van der Waals surface area (Å²) in [6.45, 7) is 0. The standard InChI is InChI=1S/C26H25N3O4S/c1-33-18-12-10-17(11-13-18)23(30)21-22(16-7-3-2-4-8-16)29(25(32)24(21)31)26-28-20(15-34-26)19-9-5-6-14-27-19/h5-6,9-16,22,31H,2-4,7-8H2,1H3. The van der Waals surface area contributed by atoms with Crippen LogP contribution in [-0.4, -0.2) is 39.9 Å². The summed E-state index contributed by atoms with van der Waals surface area (Å²) in [7, 11) is 1.56. The first-order valence-electron chi connectivity index (χ1n) is 11.4. The zero-order valence-corrected chi connectivity index (χ0v) is 19.6. The Bertz CT molecular complexity index is 1230. The average Bonchev–Trinajstić information content (AvgIpc) is 3.48. The number of benzene rings is 1. The largest absolute Gasteiger partial charge is 0.503 e. The number of hydrogen-bond donors (Lipinski definition) is 1. The number of anilines is 1. The minimum atomic E-state index is -0.575. The lowest BCUT2D eigenvalue weighted by molar-refractivity contribution is -0.117. The first kappa shape index (κ1) is 22.3. The van der Waals surface area contributed by atoms with Gasteiger partial charge in [-0.15, -0.1) is 11.3 Å². The fraction of sp³-hybridized carbons (Fsp3) is 0.308. The van der Waals surface area contributed by atoms with E-state index in [0.29, 0.717) is 27.8 Å². The number of thiazole rings is 1. The van der Waals surface area contributed by atoms with Crippen LogP contribution in [0, 0.1) is 5.92 Å². The van der Waals surface area contributed by atoms with Gasteiger partial charge in [0.2, 0.25) is 0 Å². The number of pyridine rings is 1. The van der Waals surface area contributed by atoms with E-state index in [9.17, 15) is 14.7 Å². The minimum absolute atomic E-state index is 0.0711. The molecule has 1 unspecified atom stereocenters. The molecule has 0 radical (unpaired) electrons. The number of hydrogen-bond acceptors (Lipinski definition) is 7. The number of ketones is 1. The molecule has 8 heteroatoms. The van der Waals surface area contributed by atoms with E-state index in [-0.39, 0.29) is 17.3 Å². The van der Waals surface area contributed by atoms with Crippen LogP contribution in [0.15, 0.2) is 65.4 Å². The van der Waals surface area contributed by atoms with Crippen molar-refractivity contribution >= 4 is 28.2 Å². The molecule has 3 aromatic rings. The van der Waals surface area contributed by atoms with Crippen LogP contribution in [0.4, 0.5) is 5.13 Å². The van der Waals surface area contributed by atoms with E-state index in [2.05, 4.69) is 9.97 Å². The van der Waals surface area contributed by atoms with Gasteiger partial charge < -0.3 is 9.84 Å². The summed E-state index contributed by atoms with van der Waals surface area (Å²) >= 11 is 1.32. The number of aromatic nitrogens is 2. The molecule has 1 amide bonds. The van der Waals surface area contributed by atoms with Crippen LogP contribution in [0.2, 0.25) is 0 Å². The maximum Gasteiger partial charge on any atom is 0.296 e. The van der Waals surface area contributed by atoms with Gasteiger partial charge in [-0.05, 0) is 55.2 Å². The Kier molecular flexibility index (Phi) is 6.15. The van der Waals surface area contributed by atoms with Crippen molar-refractivity contribution in [3.8, 4) is 17.1 Å². The fourth-order valence-corrected chi connectivity index (χ4v) is 5.73. The molecular weight excluding hydrogens is 450 g/mol. The molecule has 1 saturated carbocycles. The molecule has 3 heterocycles. The lowest BCUT2D eigenvalue weighted by Gasteiger charge is -2.33. The molecule has 2 aromatic heterocycles. The van der Waals surface area contributed by atoms with Gasteiger partial charge in [0.15, 0.2) is 16.7 Å². The molecule has 7 nitrogen and oxygen atoms in total. The van der Waals surface area contributed by atoms with Crippen molar-refractivity contribution < 1.29 is 19.4 Å². The molecule has 1 atom stereocenters. The first-order valence-corrected chi connectivity index (χ1v) is 12.3. The summed E-state index contributed by atoms with van der Waals surface area (Å²) in [5, 5.41) is 13.3. The lowest BCUT2D eigenvalue weighted by Crippen LogP contribution is -2.42. The third kappa shape index (κ3) is 3.98. The number of rotatable bonds is 6. The molecule has 1 aliphatic carbocycles. The van der Waals surface area contributed by atoms with Gasteiger partial charge >= 0.3 is 0 Å². The van der Waals surface area contributed by atoms with E-state index in [1.807, 2.05) is 23.6 Å². The summed E-state index contributed by atoms with van der Waals surface area (Å²) in [6, 6.07) is 11.8.